The molecule has 0 fully saturated rings. The van der Waals surface area contributed by atoms with Gasteiger partial charge in [-0.2, -0.15) is 5.10 Å². The maximum atomic E-state index is 4.44. The van der Waals surface area contributed by atoms with Gasteiger partial charge in [-0.3, -0.25) is 0 Å². The highest BCUT2D eigenvalue weighted by atomic mass is 32.2. The van der Waals surface area contributed by atoms with E-state index in [1.54, 1.807) is 11.0 Å². The van der Waals surface area contributed by atoms with Crippen LogP contribution < -0.4 is 5.32 Å². The number of nitrogens with one attached hydrogen (secondary N) is 1. The second kappa shape index (κ2) is 5.97. The van der Waals surface area contributed by atoms with Crippen molar-refractivity contribution in [3.05, 3.63) is 30.2 Å². The van der Waals surface area contributed by atoms with E-state index in [0.29, 0.717) is 6.04 Å². The first-order chi connectivity index (χ1) is 8.70. The van der Waals surface area contributed by atoms with Crippen LogP contribution in [0, 0.1) is 0 Å². The van der Waals surface area contributed by atoms with Crippen LogP contribution in [0.4, 0.5) is 0 Å². The third-order valence-corrected chi connectivity index (χ3v) is 3.64. The van der Waals surface area contributed by atoms with Crippen molar-refractivity contribution >= 4 is 11.8 Å². The molecule has 2 aromatic heterocycles. The summed E-state index contributed by atoms with van der Waals surface area (Å²) in [4.78, 5) is 8.60. The van der Waals surface area contributed by atoms with Gasteiger partial charge >= 0.3 is 0 Å². The van der Waals surface area contributed by atoms with Crippen molar-refractivity contribution in [1.82, 2.24) is 25.1 Å². The third kappa shape index (κ3) is 3.08. The minimum absolute atomic E-state index is 0.330. The van der Waals surface area contributed by atoms with Crippen molar-refractivity contribution < 1.29 is 0 Å². The van der Waals surface area contributed by atoms with Crippen LogP contribution in [0.3, 0.4) is 0 Å². The molecule has 5 nitrogen and oxygen atoms in total. The molecule has 0 spiro atoms. The molecule has 0 radical (unpaired) electrons. The molecular weight excluding hydrogens is 246 g/mol. The van der Waals surface area contributed by atoms with E-state index < -0.39 is 0 Å². The molecule has 0 aromatic carbocycles. The molecule has 6 heteroatoms. The summed E-state index contributed by atoms with van der Waals surface area (Å²) >= 11 is 1.51. The SMILES string of the molecule is CCNC(C)c1ccc(Sc2ncnn2C)nc1. The highest BCUT2D eigenvalue weighted by Crippen LogP contribution is 2.23. The van der Waals surface area contributed by atoms with Crippen molar-refractivity contribution in [3.8, 4) is 0 Å². The summed E-state index contributed by atoms with van der Waals surface area (Å²) in [7, 11) is 1.87. The van der Waals surface area contributed by atoms with Crippen molar-refractivity contribution in [2.45, 2.75) is 30.1 Å². The van der Waals surface area contributed by atoms with E-state index in [-0.39, 0.29) is 0 Å². The first-order valence-electron chi connectivity index (χ1n) is 5.92. The zero-order valence-electron chi connectivity index (χ0n) is 10.8. The van der Waals surface area contributed by atoms with Crippen LogP contribution in [-0.4, -0.2) is 26.3 Å². The van der Waals surface area contributed by atoms with Crippen LogP contribution in [0.15, 0.2) is 34.8 Å². The molecule has 1 unspecified atom stereocenters. The maximum absolute atomic E-state index is 4.44. The predicted molar refractivity (Wildman–Crippen MR) is 71.5 cm³/mol. The molecule has 96 valence electrons. The fourth-order valence-corrected chi connectivity index (χ4v) is 2.31. The van der Waals surface area contributed by atoms with Crippen LogP contribution in [0.25, 0.3) is 0 Å². The summed E-state index contributed by atoms with van der Waals surface area (Å²) < 4.78 is 1.74. The highest BCUT2D eigenvalue weighted by Gasteiger charge is 2.07. The van der Waals surface area contributed by atoms with Crippen LogP contribution in [-0.2, 0) is 7.05 Å². The lowest BCUT2D eigenvalue weighted by atomic mass is 10.1. The van der Waals surface area contributed by atoms with Crippen LogP contribution in [0.5, 0.6) is 0 Å². The van der Waals surface area contributed by atoms with Gasteiger partial charge in [0.15, 0.2) is 5.16 Å². The third-order valence-electron chi connectivity index (χ3n) is 2.64. The Kier molecular flexibility index (Phi) is 4.33. The molecule has 1 N–H and O–H groups in total. The average molecular weight is 263 g/mol. The van der Waals surface area contributed by atoms with Gasteiger partial charge in [0.1, 0.15) is 11.4 Å². The van der Waals surface area contributed by atoms with Gasteiger partial charge in [-0.15, -0.1) is 0 Å². The van der Waals surface area contributed by atoms with Crippen molar-refractivity contribution in [2.24, 2.45) is 7.05 Å². The molecule has 2 rings (SSSR count). The zero-order chi connectivity index (χ0) is 13.0. The average Bonchev–Trinajstić information content (AvgIpc) is 2.76. The highest BCUT2D eigenvalue weighted by molar-refractivity contribution is 7.99. The standard InChI is InChI=1S/C12H17N5S/c1-4-13-9(2)10-5-6-11(14-7-10)18-12-15-8-16-17(12)3/h5-9,13H,4H2,1-3H3. The Morgan fingerprint density at radius 3 is 2.78 bits per heavy atom. The largest absolute Gasteiger partial charge is 0.310 e. The van der Waals surface area contributed by atoms with Gasteiger partial charge in [0.2, 0.25) is 0 Å². The number of hydrogen-bond acceptors (Lipinski definition) is 5. The summed E-state index contributed by atoms with van der Waals surface area (Å²) in [6.07, 6.45) is 3.45. The summed E-state index contributed by atoms with van der Waals surface area (Å²) in [5.41, 5.74) is 1.19. The number of nitrogens with zero attached hydrogens (tertiary/aromatic N) is 4. The van der Waals surface area contributed by atoms with E-state index in [4.69, 9.17) is 0 Å². The molecule has 0 saturated carbocycles. The Morgan fingerprint density at radius 1 is 1.39 bits per heavy atom. The molecule has 0 aliphatic carbocycles. The van der Waals surface area contributed by atoms with Gasteiger partial charge in [-0.1, -0.05) is 13.0 Å². The molecule has 0 aliphatic rings. The normalized spacial score (nSPS) is 12.6. The van der Waals surface area contributed by atoms with Gasteiger partial charge in [-0.05, 0) is 36.9 Å². The molecule has 2 aromatic rings. The lowest BCUT2D eigenvalue weighted by Gasteiger charge is -2.12. The molecule has 18 heavy (non-hydrogen) atoms. The van der Waals surface area contributed by atoms with Crippen molar-refractivity contribution in [2.75, 3.05) is 6.54 Å². The Balaban J connectivity index is 2.06. The molecule has 0 bridgehead atoms. The molecular formula is C12H17N5S. The second-order valence-electron chi connectivity index (χ2n) is 3.98. The summed E-state index contributed by atoms with van der Waals surface area (Å²) in [6.45, 7) is 5.19. The number of aryl methyl sites for hydroxylation is 1. The molecule has 0 aliphatic heterocycles. The van der Waals surface area contributed by atoms with Crippen molar-refractivity contribution in [3.63, 3.8) is 0 Å². The van der Waals surface area contributed by atoms with E-state index in [1.165, 1.54) is 17.3 Å². The fraction of sp³-hybridized carbons (Fsp3) is 0.417. The fourth-order valence-electron chi connectivity index (χ4n) is 1.60. The zero-order valence-corrected chi connectivity index (χ0v) is 11.6. The minimum Gasteiger partial charge on any atom is -0.310 e. The second-order valence-corrected chi connectivity index (χ2v) is 4.96. The first-order valence-corrected chi connectivity index (χ1v) is 6.73. The number of pyridine rings is 1. The topological polar surface area (TPSA) is 55.6 Å². The lowest BCUT2D eigenvalue weighted by molar-refractivity contribution is 0.595. The Hall–Kier alpha value is -1.40. The van der Waals surface area contributed by atoms with Gasteiger partial charge in [-0.25, -0.2) is 14.6 Å². The van der Waals surface area contributed by atoms with E-state index in [2.05, 4.69) is 40.3 Å². The van der Waals surface area contributed by atoms with Gasteiger partial charge in [0.05, 0.1) is 0 Å². The van der Waals surface area contributed by atoms with E-state index >= 15 is 0 Å². The Labute approximate surface area is 111 Å². The lowest BCUT2D eigenvalue weighted by Crippen LogP contribution is -2.17. The Bertz CT molecular complexity index is 493. The van der Waals surface area contributed by atoms with Crippen molar-refractivity contribution in [1.29, 1.82) is 0 Å². The number of rotatable bonds is 5. The minimum atomic E-state index is 0.330. The summed E-state index contributed by atoms with van der Waals surface area (Å²) in [5.74, 6) is 0. The van der Waals surface area contributed by atoms with Gasteiger partial charge in [0, 0.05) is 19.3 Å². The van der Waals surface area contributed by atoms with E-state index in [1.807, 2.05) is 19.3 Å². The first kappa shape index (κ1) is 13.0. The van der Waals surface area contributed by atoms with Gasteiger partial charge < -0.3 is 5.32 Å². The van der Waals surface area contributed by atoms with Crippen LogP contribution in [0.1, 0.15) is 25.5 Å². The molecule has 0 saturated heterocycles. The van der Waals surface area contributed by atoms with Gasteiger partial charge in [0.25, 0.3) is 0 Å². The van der Waals surface area contributed by atoms with Crippen LogP contribution >= 0.6 is 11.8 Å². The smallest absolute Gasteiger partial charge is 0.192 e. The number of aromatic nitrogens is 4. The molecule has 0 amide bonds. The summed E-state index contributed by atoms with van der Waals surface area (Å²) in [6, 6.07) is 4.44. The van der Waals surface area contributed by atoms with E-state index in [0.717, 1.165) is 16.7 Å². The molecule has 1 atom stereocenters. The number of hydrogen-bond donors (Lipinski definition) is 1. The van der Waals surface area contributed by atoms with Crippen LogP contribution in [0.2, 0.25) is 0 Å². The maximum Gasteiger partial charge on any atom is 0.192 e. The molecule has 2 heterocycles. The Morgan fingerprint density at radius 2 is 2.22 bits per heavy atom. The van der Waals surface area contributed by atoms with E-state index in [9.17, 15) is 0 Å². The monoisotopic (exact) mass is 263 g/mol. The predicted octanol–water partition coefficient (Wildman–Crippen LogP) is 2.03. The quantitative estimate of drug-likeness (QED) is 0.894. The summed E-state index contributed by atoms with van der Waals surface area (Å²) in [5, 5.41) is 9.16.